The first-order chi connectivity index (χ1) is 22.0. The summed E-state index contributed by atoms with van der Waals surface area (Å²) in [5.41, 5.74) is 16.9. The van der Waals surface area contributed by atoms with Crippen LogP contribution < -0.4 is 0 Å². The summed E-state index contributed by atoms with van der Waals surface area (Å²) in [5, 5.41) is 20.5. The van der Waals surface area contributed by atoms with E-state index in [1.165, 1.54) is 44.5 Å². The van der Waals surface area contributed by atoms with E-state index < -0.39 is 0 Å². The van der Waals surface area contributed by atoms with Crippen LogP contribution in [0.1, 0.15) is 61.1 Å². The summed E-state index contributed by atoms with van der Waals surface area (Å²) in [7, 11) is 0. The number of phenolic OH excluding ortho intramolecular Hbond substituents is 2. The van der Waals surface area contributed by atoms with Crippen molar-refractivity contribution < 1.29 is 31.9 Å². The number of fused-ring (bicyclic) bond motifs is 6. The topological polar surface area (TPSA) is 40.5 Å². The van der Waals surface area contributed by atoms with Crippen molar-refractivity contribution in [2.75, 3.05) is 0 Å². The third kappa shape index (κ3) is 6.29. The van der Waals surface area contributed by atoms with Gasteiger partial charge in [0, 0.05) is 22.0 Å². The molecule has 0 aromatic heterocycles. The monoisotopic (exact) mass is 678 g/mol. The summed E-state index contributed by atoms with van der Waals surface area (Å²) in [6.07, 6.45) is 0. The van der Waals surface area contributed by atoms with Crippen molar-refractivity contribution in [3.8, 4) is 56.0 Å². The summed E-state index contributed by atoms with van der Waals surface area (Å²) in [6, 6.07) is 41.9. The number of phenols is 2. The molecule has 0 atom stereocenters. The van der Waals surface area contributed by atoms with Crippen LogP contribution in [0, 0.1) is 28.7 Å². The van der Waals surface area contributed by atoms with Crippen molar-refractivity contribution in [1.82, 2.24) is 0 Å². The van der Waals surface area contributed by atoms with E-state index >= 15 is 0 Å². The van der Waals surface area contributed by atoms with Gasteiger partial charge in [0.05, 0.1) is 0 Å². The molecule has 0 spiro atoms. The zero-order valence-electron chi connectivity index (χ0n) is 29.9. The molecule has 2 aliphatic rings. The maximum absolute atomic E-state index is 10.2. The van der Waals surface area contributed by atoms with Crippen LogP contribution in [0.5, 0.6) is 11.5 Å². The number of aromatic hydroxyl groups is 2. The molecule has 0 saturated heterocycles. The molecule has 2 aliphatic carbocycles. The Bertz CT molecular complexity index is 2000. The second-order valence-corrected chi connectivity index (χ2v) is 13.9. The number of hydrogen-bond donors (Lipinski definition) is 2. The molecule has 2 N–H and O–H groups in total. The molecule has 6 aromatic rings. The van der Waals surface area contributed by atoms with E-state index in [1.54, 1.807) is 12.1 Å². The third-order valence-corrected chi connectivity index (χ3v) is 10.1. The molecule has 0 unspecified atom stereocenters. The Kier molecular flexibility index (Phi) is 10.6. The smallest absolute Gasteiger partial charge is 0.507 e. The van der Waals surface area contributed by atoms with Gasteiger partial charge in [0.2, 0.25) is 0 Å². The van der Waals surface area contributed by atoms with Crippen molar-refractivity contribution in [3.63, 3.8) is 0 Å². The third-order valence-electron chi connectivity index (χ3n) is 10.1. The molecule has 246 valence electrons. The van der Waals surface area contributed by atoms with Crippen molar-refractivity contribution in [3.05, 3.63) is 170 Å². The van der Waals surface area contributed by atoms with E-state index in [-0.39, 0.29) is 47.4 Å². The first kappa shape index (κ1) is 37.5. The Labute approximate surface area is 308 Å². The Morgan fingerprint density at radius 2 is 0.735 bits per heavy atom. The van der Waals surface area contributed by atoms with Crippen molar-refractivity contribution >= 4 is 0 Å². The summed E-state index contributed by atoms with van der Waals surface area (Å²) >= 11 is 0. The van der Waals surface area contributed by atoms with Crippen LogP contribution in [-0.2, 0) is 32.5 Å². The van der Waals surface area contributed by atoms with E-state index in [0.29, 0.717) is 11.5 Å². The normalized spacial score (nSPS) is 13.5. The van der Waals surface area contributed by atoms with E-state index in [0.717, 1.165) is 33.4 Å². The van der Waals surface area contributed by atoms with Crippen LogP contribution >= 0.6 is 0 Å². The predicted molar refractivity (Wildman–Crippen MR) is 205 cm³/mol. The van der Waals surface area contributed by atoms with Gasteiger partial charge in [-0.3, -0.25) is 0 Å². The summed E-state index contributed by atoms with van der Waals surface area (Å²) in [4.78, 5) is 0. The van der Waals surface area contributed by atoms with Crippen molar-refractivity contribution in [1.29, 1.82) is 0 Å². The largest absolute Gasteiger partial charge is 2.00 e. The van der Waals surface area contributed by atoms with Crippen LogP contribution in [-0.4, -0.2) is 10.2 Å². The van der Waals surface area contributed by atoms with Gasteiger partial charge in [-0.15, -0.1) is 0 Å². The van der Waals surface area contributed by atoms with Crippen LogP contribution in [0.25, 0.3) is 44.5 Å². The van der Waals surface area contributed by atoms with Crippen molar-refractivity contribution in [2.24, 2.45) is 0 Å². The van der Waals surface area contributed by atoms with Crippen LogP contribution in [0.2, 0.25) is 0 Å². The van der Waals surface area contributed by atoms with Gasteiger partial charge >= 0.3 is 21.7 Å². The average molecular weight is 679 g/mol. The van der Waals surface area contributed by atoms with Gasteiger partial charge in [-0.05, 0) is 106 Å². The maximum Gasteiger partial charge on any atom is 2.00 e. The molecule has 0 saturated carbocycles. The summed E-state index contributed by atoms with van der Waals surface area (Å²) in [5.74, 6) is 0.674. The number of benzene rings is 6. The minimum atomic E-state index is -0.0125. The van der Waals surface area contributed by atoms with Gasteiger partial charge in [0.15, 0.2) is 0 Å². The summed E-state index contributed by atoms with van der Waals surface area (Å²) in [6.45, 7) is 13.2. The van der Waals surface area contributed by atoms with Crippen molar-refractivity contribution in [2.45, 2.75) is 52.4 Å². The molecule has 49 heavy (non-hydrogen) atoms. The number of rotatable bonds is 2. The van der Waals surface area contributed by atoms with Gasteiger partial charge in [-0.25, -0.2) is 0 Å². The summed E-state index contributed by atoms with van der Waals surface area (Å²) < 4.78 is 0. The maximum atomic E-state index is 10.2. The van der Waals surface area contributed by atoms with Gasteiger partial charge in [-0.2, -0.15) is 0 Å². The van der Waals surface area contributed by atoms with Crippen LogP contribution in [0.3, 0.4) is 0 Å². The molecule has 6 aromatic carbocycles. The van der Waals surface area contributed by atoms with E-state index in [9.17, 15) is 10.2 Å². The van der Waals surface area contributed by atoms with Gasteiger partial charge < -0.3 is 25.1 Å². The molecule has 0 amide bonds. The fourth-order valence-electron chi connectivity index (χ4n) is 7.51. The standard InChI is InChI=1S/2C22H20O.2CH3.Ti/c2*1-14-8-11-21(23)18(12-14)15-9-10-17-16-6-4-5-7-19(16)22(2,3)20(17)13-15;;;/h2*4-13,23H,1-3H3;2*1H3;/q;;2*-1;+2. The molecule has 0 fully saturated rings. The van der Waals surface area contributed by atoms with Gasteiger partial charge in [0.25, 0.3) is 0 Å². The first-order valence-corrected chi connectivity index (χ1v) is 16.1. The zero-order chi connectivity index (χ0) is 32.4. The Hall–Kier alpha value is -4.37. The van der Waals surface area contributed by atoms with Crippen LogP contribution in [0.4, 0.5) is 0 Å². The number of aryl methyl sites for hydroxylation is 2. The number of hydrogen-bond acceptors (Lipinski definition) is 2. The SMILES string of the molecule is Cc1ccc(O)c(-c2ccc3c(c2)C(C)(C)c2ccccc2-3)c1.Cc1ccc(O)c(-c2ccc3c(c2)C(C)(C)c2ccccc2-3)c1.[CH3-].[CH3-].[Ti+2]. The molecule has 3 heteroatoms. The molecule has 2 nitrogen and oxygen atoms in total. The molecule has 0 radical (unpaired) electrons. The molecule has 0 aliphatic heterocycles. The average Bonchev–Trinajstić information content (AvgIpc) is 3.43. The quantitative estimate of drug-likeness (QED) is 0.141. The second kappa shape index (κ2) is 13.9. The van der Waals surface area contributed by atoms with E-state index in [4.69, 9.17) is 0 Å². The molecule has 8 rings (SSSR count). The molecule has 0 bridgehead atoms. The minimum Gasteiger partial charge on any atom is -0.507 e. The van der Waals surface area contributed by atoms with E-state index in [2.05, 4.69) is 126 Å². The van der Waals surface area contributed by atoms with Gasteiger partial charge in [0.1, 0.15) is 11.5 Å². The molecular formula is C46H46O2Ti. The Balaban J connectivity index is 0.000000208. The van der Waals surface area contributed by atoms with Crippen LogP contribution in [0.15, 0.2) is 121 Å². The fraction of sp³-hybridized carbons (Fsp3) is 0.174. The minimum absolute atomic E-state index is 0. The predicted octanol–water partition coefficient (Wildman–Crippen LogP) is 12.2. The Morgan fingerprint density at radius 3 is 1.12 bits per heavy atom. The fourth-order valence-corrected chi connectivity index (χ4v) is 7.51. The van der Waals surface area contributed by atoms with Gasteiger partial charge in [-0.1, -0.05) is 124 Å². The van der Waals surface area contributed by atoms with E-state index in [1.807, 2.05) is 24.3 Å². The second-order valence-electron chi connectivity index (χ2n) is 13.9. The molecular weight excluding hydrogens is 632 g/mol. The zero-order valence-corrected chi connectivity index (χ0v) is 31.5. The molecule has 0 heterocycles. The first-order valence-electron chi connectivity index (χ1n) is 16.1. The Morgan fingerprint density at radius 1 is 0.388 bits per heavy atom.